The van der Waals surface area contributed by atoms with Gasteiger partial charge >= 0.3 is 12.4 Å². The summed E-state index contributed by atoms with van der Waals surface area (Å²) in [5.74, 6) is -0.0696. The predicted molar refractivity (Wildman–Crippen MR) is 75.0 cm³/mol. The molecule has 1 aromatic carbocycles. The summed E-state index contributed by atoms with van der Waals surface area (Å²) in [5, 5.41) is 1.55. The molecule has 1 saturated heterocycles. The van der Waals surface area contributed by atoms with Crippen molar-refractivity contribution in [1.29, 1.82) is 0 Å². The number of benzene rings is 1. The van der Waals surface area contributed by atoms with Crippen molar-refractivity contribution in [3.05, 3.63) is 35.9 Å². The number of halogens is 3. The number of amides is 1. The summed E-state index contributed by atoms with van der Waals surface area (Å²) < 4.78 is 41.5. The van der Waals surface area contributed by atoms with Crippen molar-refractivity contribution in [1.82, 2.24) is 10.2 Å². The molecule has 0 atom stereocenters. The number of carbonyl (C=O) groups is 1. The van der Waals surface area contributed by atoms with E-state index >= 15 is 0 Å². The van der Waals surface area contributed by atoms with E-state index in [2.05, 4.69) is 0 Å². The highest BCUT2D eigenvalue weighted by Crippen LogP contribution is 2.19. The zero-order chi connectivity index (χ0) is 16.0. The first-order valence-corrected chi connectivity index (χ1v) is 7.21. The molecule has 4 nitrogen and oxygen atoms in total. The van der Waals surface area contributed by atoms with Gasteiger partial charge in [0.05, 0.1) is 0 Å². The van der Waals surface area contributed by atoms with Gasteiger partial charge in [0.15, 0.2) is 0 Å². The molecule has 0 saturated carbocycles. The van der Waals surface area contributed by atoms with Crippen molar-refractivity contribution in [3.8, 4) is 0 Å². The number of piperidine rings is 1. The van der Waals surface area contributed by atoms with Crippen LogP contribution in [0.5, 0.6) is 0 Å². The molecule has 0 radical (unpaired) electrons. The van der Waals surface area contributed by atoms with Gasteiger partial charge in [0.25, 0.3) is 0 Å². The number of alkyl halides is 3. The summed E-state index contributed by atoms with van der Waals surface area (Å²) in [6.07, 6.45) is -3.66. The molecule has 0 aromatic heterocycles. The number of hydrogen-bond donors (Lipinski definition) is 1. The van der Waals surface area contributed by atoms with E-state index in [1.165, 1.54) is 0 Å². The van der Waals surface area contributed by atoms with Gasteiger partial charge in [-0.15, -0.1) is 0 Å². The number of nitrogens with one attached hydrogen (secondary N) is 1. The standard InChI is InChI=1S/C15H19F3N2O2/c16-15(17,18)19-10-12-6-8-20(9-7-12)14(21)22-11-13-4-2-1-3-5-13/h1-5,12,19H,6-11H2. The van der Waals surface area contributed by atoms with Gasteiger partial charge in [-0.1, -0.05) is 30.3 Å². The van der Waals surface area contributed by atoms with Crippen LogP contribution in [0.3, 0.4) is 0 Å². The number of ether oxygens (including phenoxy) is 1. The van der Waals surface area contributed by atoms with Gasteiger partial charge in [0.2, 0.25) is 0 Å². The van der Waals surface area contributed by atoms with Crippen LogP contribution in [0.1, 0.15) is 18.4 Å². The van der Waals surface area contributed by atoms with E-state index in [1.54, 1.807) is 10.2 Å². The monoisotopic (exact) mass is 316 g/mol. The Bertz CT molecular complexity index is 471. The van der Waals surface area contributed by atoms with Crippen molar-refractivity contribution < 1.29 is 22.7 Å². The quantitative estimate of drug-likeness (QED) is 0.868. The Morgan fingerprint density at radius 3 is 2.45 bits per heavy atom. The molecule has 1 aliphatic heterocycles. The molecule has 0 bridgehead atoms. The van der Waals surface area contributed by atoms with E-state index in [1.807, 2.05) is 30.3 Å². The highest BCUT2D eigenvalue weighted by Gasteiger charge is 2.30. The molecule has 1 aliphatic rings. The topological polar surface area (TPSA) is 41.6 Å². The smallest absolute Gasteiger partial charge is 0.445 e. The van der Waals surface area contributed by atoms with E-state index in [4.69, 9.17) is 4.74 Å². The maximum atomic E-state index is 12.1. The minimum atomic E-state index is -4.34. The fourth-order valence-electron chi connectivity index (χ4n) is 2.39. The lowest BCUT2D eigenvalue weighted by Crippen LogP contribution is -2.43. The molecule has 0 aliphatic carbocycles. The first-order valence-electron chi connectivity index (χ1n) is 7.21. The second-order valence-corrected chi connectivity index (χ2v) is 5.35. The van der Waals surface area contributed by atoms with Crippen molar-refractivity contribution >= 4 is 6.09 Å². The van der Waals surface area contributed by atoms with Crippen LogP contribution < -0.4 is 5.32 Å². The third kappa shape index (κ3) is 5.55. The van der Waals surface area contributed by atoms with Crippen LogP contribution in [0.15, 0.2) is 30.3 Å². The lowest BCUT2D eigenvalue weighted by atomic mass is 9.97. The Morgan fingerprint density at radius 2 is 1.86 bits per heavy atom. The second kappa shape index (κ2) is 7.49. The zero-order valence-electron chi connectivity index (χ0n) is 12.1. The van der Waals surface area contributed by atoms with E-state index < -0.39 is 12.4 Å². The Morgan fingerprint density at radius 1 is 1.23 bits per heavy atom. The summed E-state index contributed by atoms with van der Waals surface area (Å²) in [6, 6.07) is 9.33. The Kier molecular flexibility index (Phi) is 5.65. The molecule has 2 rings (SSSR count). The van der Waals surface area contributed by atoms with Crippen LogP contribution in [-0.4, -0.2) is 36.9 Å². The van der Waals surface area contributed by atoms with Crippen LogP contribution >= 0.6 is 0 Å². The van der Waals surface area contributed by atoms with E-state index in [0.29, 0.717) is 25.9 Å². The highest BCUT2D eigenvalue weighted by atomic mass is 19.4. The summed E-state index contributed by atoms with van der Waals surface area (Å²) in [5.41, 5.74) is 0.903. The number of likely N-dealkylation sites (tertiary alicyclic amines) is 1. The molecule has 1 aromatic rings. The maximum Gasteiger partial charge on any atom is 0.457 e. The van der Waals surface area contributed by atoms with Gasteiger partial charge in [-0.2, -0.15) is 13.2 Å². The average molecular weight is 316 g/mol. The fourth-order valence-corrected chi connectivity index (χ4v) is 2.39. The van der Waals surface area contributed by atoms with Gasteiger partial charge in [-0.3, -0.25) is 0 Å². The van der Waals surface area contributed by atoms with Gasteiger partial charge in [0.1, 0.15) is 6.61 Å². The number of rotatable bonds is 4. The summed E-state index contributed by atoms with van der Waals surface area (Å²) in [6.45, 7) is 0.960. The number of nitrogens with zero attached hydrogens (tertiary/aromatic N) is 1. The molecule has 1 N–H and O–H groups in total. The predicted octanol–water partition coefficient (Wildman–Crippen LogP) is 3.14. The zero-order valence-corrected chi connectivity index (χ0v) is 12.1. The van der Waals surface area contributed by atoms with Crippen molar-refractivity contribution in [2.75, 3.05) is 19.6 Å². The largest absolute Gasteiger partial charge is 0.457 e. The number of carbonyl (C=O) groups excluding carboxylic acids is 1. The molecule has 7 heteroatoms. The van der Waals surface area contributed by atoms with Gasteiger partial charge in [-0.05, 0) is 24.3 Å². The van der Waals surface area contributed by atoms with Crippen LogP contribution in [0.4, 0.5) is 18.0 Å². The summed E-state index contributed by atoms with van der Waals surface area (Å²) in [7, 11) is 0. The Hall–Kier alpha value is -1.76. The SMILES string of the molecule is O=C(OCc1ccccc1)N1CCC(CNC(F)(F)F)CC1. The molecule has 1 heterocycles. The molecular weight excluding hydrogens is 297 g/mol. The van der Waals surface area contributed by atoms with Crippen molar-refractivity contribution in [2.24, 2.45) is 5.92 Å². The molecule has 22 heavy (non-hydrogen) atoms. The first kappa shape index (κ1) is 16.6. The average Bonchev–Trinajstić information content (AvgIpc) is 2.51. The minimum absolute atomic E-state index is 0.0696. The van der Waals surface area contributed by atoms with E-state index in [9.17, 15) is 18.0 Å². The number of hydrogen-bond acceptors (Lipinski definition) is 3. The lowest BCUT2D eigenvalue weighted by molar-refractivity contribution is -0.159. The van der Waals surface area contributed by atoms with Crippen LogP contribution in [0.2, 0.25) is 0 Å². The van der Waals surface area contributed by atoms with Crippen LogP contribution in [0.25, 0.3) is 0 Å². The minimum Gasteiger partial charge on any atom is -0.445 e. The molecular formula is C15H19F3N2O2. The first-order chi connectivity index (χ1) is 10.4. The lowest BCUT2D eigenvalue weighted by Gasteiger charge is -2.31. The molecule has 1 amide bonds. The summed E-state index contributed by atoms with van der Waals surface area (Å²) in [4.78, 5) is 13.5. The van der Waals surface area contributed by atoms with Gasteiger partial charge < -0.3 is 9.64 Å². The van der Waals surface area contributed by atoms with Crippen LogP contribution in [-0.2, 0) is 11.3 Å². The van der Waals surface area contributed by atoms with Gasteiger partial charge in [0, 0.05) is 19.6 Å². The van der Waals surface area contributed by atoms with Crippen LogP contribution in [0, 0.1) is 5.92 Å². The van der Waals surface area contributed by atoms with Crippen molar-refractivity contribution in [3.63, 3.8) is 0 Å². The van der Waals surface area contributed by atoms with E-state index in [-0.39, 0.29) is 19.1 Å². The van der Waals surface area contributed by atoms with Gasteiger partial charge in [-0.25, -0.2) is 10.1 Å². The normalized spacial score (nSPS) is 16.6. The fraction of sp³-hybridized carbons (Fsp3) is 0.533. The molecule has 122 valence electrons. The van der Waals surface area contributed by atoms with Crippen molar-refractivity contribution in [2.45, 2.75) is 25.7 Å². The third-order valence-corrected chi connectivity index (χ3v) is 3.67. The molecule has 0 unspecified atom stereocenters. The van der Waals surface area contributed by atoms with E-state index in [0.717, 1.165) is 5.56 Å². The third-order valence-electron chi connectivity index (χ3n) is 3.67. The Balaban J connectivity index is 1.69. The second-order valence-electron chi connectivity index (χ2n) is 5.35. The molecule has 1 fully saturated rings. The Labute approximate surface area is 127 Å². The summed E-state index contributed by atoms with van der Waals surface area (Å²) >= 11 is 0. The highest BCUT2D eigenvalue weighted by molar-refractivity contribution is 5.67. The molecule has 0 spiro atoms. The maximum absolute atomic E-state index is 12.1.